The first-order chi connectivity index (χ1) is 13.9. The van der Waals surface area contributed by atoms with Gasteiger partial charge >= 0.3 is 0 Å². The highest BCUT2D eigenvalue weighted by Gasteiger charge is 2.24. The fourth-order valence-corrected chi connectivity index (χ4v) is 3.44. The lowest BCUT2D eigenvalue weighted by Crippen LogP contribution is -2.51. The zero-order valence-corrected chi connectivity index (χ0v) is 17.0. The lowest BCUT2D eigenvalue weighted by atomic mass is 10.0. The van der Waals surface area contributed by atoms with Crippen LogP contribution in [-0.4, -0.2) is 58.8 Å². The van der Waals surface area contributed by atoms with Crippen LogP contribution in [-0.2, 0) is 4.79 Å². The van der Waals surface area contributed by atoms with E-state index in [1.807, 2.05) is 17.0 Å². The van der Waals surface area contributed by atoms with Crippen LogP contribution in [0.4, 0.5) is 5.69 Å². The SMILES string of the molecule is CC(C)N1CCN(C(=O)CC(N)c2ccc(C(=O)Nc3ccncc3)cc2)CC1. The Labute approximate surface area is 171 Å². The summed E-state index contributed by atoms with van der Waals surface area (Å²) in [7, 11) is 0. The number of nitrogens with one attached hydrogen (secondary N) is 1. The van der Waals surface area contributed by atoms with E-state index in [0.717, 1.165) is 31.7 Å². The van der Waals surface area contributed by atoms with Crippen LogP contribution in [0.2, 0.25) is 0 Å². The molecule has 3 rings (SSSR count). The van der Waals surface area contributed by atoms with Gasteiger partial charge in [-0.25, -0.2) is 0 Å². The summed E-state index contributed by atoms with van der Waals surface area (Å²) in [6, 6.07) is 10.7. The van der Waals surface area contributed by atoms with Crippen molar-refractivity contribution in [2.75, 3.05) is 31.5 Å². The summed E-state index contributed by atoms with van der Waals surface area (Å²) < 4.78 is 0. The maximum absolute atomic E-state index is 12.6. The van der Waals surface area contributed by atoms with Crippen molar-refractivity contribution in [1.29, 1.82) is 0 Å². The van der Waals surface area contributed by atoms with Crippen LogP contribution in [0, 0.1) is 0 Å². The molecule has 7 heteroatoms. The molecule has 1 fully saturated rings. The number of hydrogen-bond acceptors (Lipinski definition) is 5. The zero-order valence-electron chi connectivity index (χ0n) is 17.0. The fraction of sp³-hybridized carbons (Fsp3) is 0.409. The Kier molecular flexibility index (Phi) is 6.95. The fourth-order valence-electron chi connectivity index (χ4n) is 3.44. The Bertz CT molecular complexity index is 815. The second-order valence-electron chi connectivity index (χ2n) is 7.63. The molecule has 7 nitrogen and oxygen atoms in total. The van der Waals surface area contributed by atoms with Crippen molar-refractivity contribution in [3.63, 3.8) is 0 Å². The van der Waals surface area contributed by atoms with Crippen molar-refractivity contribution in [2.24, 2.45) is 5.73 Å². The van der Waals surface area contributed by atoms with E-state index in [1.54, 1.807) is 36.7 Å². The molecule has 0 bridgehead atoms. The van der Waals surface area contributed by atoms with Crippen molar-refractivity contribution in [3.05, 3.63) is 59.9 Å². The number of amides is 2. The normalized spacial score (nSPS) is 15.9. The van der Waals surface area contributed by atoms with E-state index in [1.165, 1.54) is 0 Å². The molecule has 2 aromatic rings. The van der Waals surface area contributed by atoms with Gasteiger partial charge in [0.1, 0.15) is 0 Å². The molecule has 0 spiro atoms. The van der Waals surface area contributed by atoms with Gasteiger partial charge in [0.05, 0.1) is 0 Å². The van der Waals surface area contributed by atoms with E-state index in [-0.39, 0.29) is 24.3 Å². The Morgan fingerprint density at radius 2 is 1.66 bits per heavy atom. The number of carbonyl (C=O) groups is 2. The Balaban J connectivity index is 1.53. The number of aromatic nitrogens is 1. The molecular formula is C22H29N5O2. The highest BCUT2D eigenvalue weighted by molar-refractivity contribution is 6.04. The monoisotopic (exact) mass is 395 g/mol. The van der Waals surface area contributed by atoms with Crippen LogP contribution < -0.4 is 11.1 Å². The number of pyridine rings is 1. The number of hydrogen-bond donors (Lipinski definition) is 2. The van der Waals surface area contributed by atoms with Gasteiger partial charge in [-0.1, -0.05) is 12.1 Å². The maximum atomic E-state index is 12.6. The zero-order chi connectivity index (χ0) is 20.8. The average molecular weight is 396 g/mol. The summed E-state index contributed by atoms with van der Waals surface area (Å²) in [5.74, 6) is -0.115. The van der Waals surface area contributed by atoms with Crippen molar-refractivity contribution < 1.29 is 9.59 Å². The molecule has 154 valence electrons. The molecule has 1 aromatic carbocycles. The number of nitrogens with two attached hydrogens (primary N) is 1. The molecular weight excluding hydrogens is 366 g/mol. The summed E-state index contributed by atoms with van der Waals surface area (Å²) in [6.07, 6.45) is 3.51. The molecule has 0 saturated carbocycles. The van der Waals surface area contributed by atoms with Crippen LogP contribution in [0.1, 0.15) is 42.2 Å². The number of benzene rings is 1. The highest BCUT2D eigenvalue weighted by Crippen LogP contribution is 2.18. The molecule has 1 saturated heterocycles. The first kappa shape index (κ1) is 21.0. The Morgan fingerprint density at radius 1 is 1.03 bits per heavy atom. The third-order valence-corrected chi connectivity index (χ3v) is 5.33. The first-order valence-electron chi connectivity index (χ1n) is 10.0. The van der Waals surface area contributed by atoms with E-state index < -0.39 is 0 Å². The van der Waals surface area contributed by atoms with E-state index in [9.17, 15) is 9.59 Å². The third kappa shape index (κ3) is 5.62. The minimum absolute atomic E-state index is 0.0837. The molecule has 3 N–H and O–H groups in total. The minimum atomic E-state index is -0.386. The largest absolute Gasteiger partial charge is 0.340 e. The summed E-state index contributed by atoms with van der Waals surface area (Å²) in [5.41, 5.74) is 8.33. The molecule has 1 unspecified atom stereocenters. The molecule has 1 aromatic heterocycles. The number of carbonyl (C=O) groups excluding carboxylic acids is 2. The Morgan fingerprint density at radius 3 is 2.24 bits per heavy atom. The van der Waals surface area contributed by atoms with Gasteiger partial charge in [-0.15, -0.1) is 0 Å². The predicted octanol–water partition coefficient (Wildman–Crippen LogP) is 2.28. The van der Waals surface area contributed by atoms with Crippen LogP contribution >= 0.6 is 0 Å². The van der Waals surface area contributed by atoms with E-state index in [0.29, 0.717) is 17.3 Å². The molecule has 29 heavy (non-hydrogen) atoms. The van der Waals surface area contributed by atoms with Crippen LogP contribution in [0.25, 0.3) is 0 Å². The van der Waals surface area contributed by atoms with E-state index in [4.69, 9.17) is 5.73 Å². The Hall–Kier alpha value is -2.77. The van der Waals surface area contributed by atoms with Gasteiger partial charge in [-0.3, -0.25) is 19.5 Å². The van der Waals surface area contributed by atoms with Gasteiger partial charge in [0.2, 0.25) is 5.91 Å². The number of nitrogens with zero attached hydrogens (tertiary/aromatic N) is 3. The van der Waals surface area contributed by atoms with Gasteiger partial charge in [-0.05, 0) is 43.7 Å². The van der Waals surface area contributed by atoms with Crippen LogP contribution in [0.3, 0.4) is 0 Å². The average Bonchev–Trinajstić information content (AvgIpc) is 2.74. The molecule has 1 aliphatic rings. The summed E-state index contributed by atoms with van der Waals surface area (Å²) in [5, 5.41) is 2.82. The van der Waals surface area contributed by atoms with E-state index >= 15 is 0 Å². The van der Waals surface area contributed by atoms with Crippen molar-refractivity contribution in [2.45, 2.75) is 32.4 Å². The standard InChI is InChI=1S/C22H29N5O2/c1-16(2)26-11-13-27(14-12-26)21(28)15-20(23)17-3-5-18(6-4-17)22(29)25-19-7-9-24-10-8-19/h3-10,16,20H,11-15,23H2,1-2H3,(H,24,25,29). The predicted molar refractivity (Wildman–Crippen MR) is 113 cm³/mol. The summed E-state index contributed by atoms with van der Waals surface area (Å²) >= 11 is 0. The molecule has 2 amide bonds. The van der Waals surface area contributed by atoms with Gasteiger partial charge in [0, 0.05) is 68.3 Å². The van der Waals surface area contributed by atoms with Crippen molar-refractivity contribution in [3.8, 4) is 0 Å². The van der Waals surface area contributed by atoms with Gasteiger partial charge in [0.15, 0.2) is 0 Å². The molecule has 0 radical (unpaired) electrons. The van der Waals surface area contributed by atoms with Crippen molar-refractivity contribution in [1.82, 2.24) is 14.8 Å². The second kappa shape index (κ2) is 9.62. The van der Waals surface area contributed by atoms with Crippen molar-refractivity contribution >= 4 is 17.5 Å². The van der Waals surface area contributed by atoms with Gasteiger partial charge in [-0.2, -0.15) is 0 Å². The summed E-state index contributed by atoms with van der Waals surface area (Å²) in [4.78, 5) is 33.1. The number of anilines is 1. The number of piperazine rings is 1. The van der Waals surface area contributed by atoms with Gasteiger partial charge in [0.25, 0.3) is 5.91 Å². The quantitative estimate of drug-likeness (QED) is 0.783. The maximum Gasteiger partial charge on any atom is 0.255 e. The number of rotatable bonds is 6. The topological polar surface area (TPSA) is 91.6 Å². The molecule has 2 heterocycles. The first-order valence-corrected chi connectivity index (χ1v) is 10.0. The molecule has 1 atom stereocenters. The second-order valence-corrected chi connectivity index (χ2v) is 7.63. The third-order valence-electron chi connectivity index (χ3n) is 5.33. The highest BCUT2D eigenvalue weighted by atomic mass is 16.2. The lowest BCUT2D eigenvalue weighted by Gasteiger charge is -2.37. The molecule has 0 aliphatic carbocycles. The van der Waals surface area contributed by atoms with Gasteiger partial charge < -0.3 is 16.0 Å². The minimum Gasteiger partial charge on any atom is -0.340 e. The summed E-state index contributed by atoms with van der Waals surface area (Å²) in [6.45, 7) is 7.65. The van der Waals surface area contributed by atoms with Crippen LogP contribution in [0.5, 0.6) is 0 Å². The lowest BCUT2D eigenvalue weighted by molar-refractivity contribution is -0.133. The smallest absolute Gasteiger partial charge is 0.255 e. The molecule has 1 aliphatic heterocycles. The van der Waals surface area contributed by atoms with Crippen LogP contribution in [0.15, 0.2) is 48.8 Å². The van der Waals surface area contributed by atoms with E-state index in [2.05, 4.69) is 29.0 Å².